The lowest BCUT2D eigenvalue weighted by atomic mass is 9.80. The molecule has 0 radical (unpaired) electrons. The van der Waals surface area contributed by atoms with E-state index in [2.05, 4.69) is 5.32 Å². The van der Waals surface area contributed by atoms with Crippen molar-refractivity contribution in [1.29, 1.82) is 0 Å². The third kappa shape index (κ3) is 5.61. The highest BCUT2D eigenvalue weighted by atomic mass is 19.1. The number of hydrogen-bond acceptors (Lipinski definition) is 4. The molecule has 1 amide bonds. The number of benzene rings is 2. The maximum Gasteiger partial charge on any atom is 0.341 e. The molecule has 0 spiro atoms. The summed E-state index contributed by atoms with van der Waals surface area (Å²) in [6, 6.07) is 9.98. The summed E-state index contributed by atoms with van der Waals surface area (Å²) in [4.78, 5) is 23.0. The molecule has 7 heteroatoms. The Morgan fingerprint density at radius 1 is 1.19 bits per heavy atom. The Kier molecular flexibility index (Phi) is 6.65. The summed E-state index contributed by atoms with van der Waals surface area (Å²) in [5.41, 5.74) is 2.77. The van der Waals surface area contributed by atoms with Crippen LogP contribution >= 0.6 is 0 Å². The van der Waals surface area contributed by atoms with Gasteiger partial charge in [0.15, 0.2) is 6.61 Å². The van der Waals surface area contributed by atoms with Gasteiger partial charge in [-0.15, -0.1) is 0 Å². The van der Waals surface area contributed by atoms with E-state index in [-0.39, 0.29) is 17.8 Å². The van der Waals surface area contributed by atoms with E-state index < -0.39 is 24.2 Å². The average molecular weight is 429 g/mol. The largest absolute Gasteiger partial charge is 0.481 e. The Morgan fingerprint density at radius 2 is 1.84 bits per heavy atom. The van der Waals surface area contributed by atoms with Crippen molar-refractivity contribution in [1.82, 2.24) is 5.32 Å². The molecule has 1 aliphatic heterocycles. The van der Waals surface area contributed by atoms with Crippen LogP contribution in [0.25, 0.3) is 0 Å². The van der Waals surface area contributed by atoms with Crippen LogP contribution in [-0.2, 0) is 14.3 Å². The summed E-state index contributed by atoms with van der Waals surface area (Å²) in [6.45, 7) is 6.78. The number of carbonyl (C=O) groups excluding carboxylic acids is 1. The highest BCUT2D eigenvalue weighted by Crippen LogP contribution is 2.46. The monoisotopic (exact) mass is 429 g/mol. The van der Waals surface area contributed by atoms with E-state index >= 15 is 0 Å². The fourth-order valence-electron chi connectivity index (χ4n) is 4.34. The van der Waals surface area contributed by atoms with Gasteiger partial charge in [0.1, 0.15) is 11.6 Å². The van der Waals surface area contributed by atoms with Crippen molar-refractivity contribution < 1.29 is 28.6 Å². The first kappa shape index (κ1) is 22.7. The highest BCUT2D eigenvalue weighted by molar-refractivity contribution is 5.73. The molecule has 1 saturated heterocycles. The molecule has 166 valence electrons. The van der Waals surface area contributed by atoms with E-state index in [4.69, 9.17) is 14.6 Å². The third-order valence-corrected chi connectivity index (χ3v) is 5.45. The van der Waals surface area contributed by atoms with E-state index in [1.165, 1.54) is 19.1 Å². The van der Waals surface area contributed by atoms with Crippen LogP contribution in [0, 0.1) is 19.7 Å². The molecule has 1 heterocycles. The molecule has 31 heavy (non-hydrogen) atoms. The molecule has 0 aliphatic carbocycles. The van der Waals surface area contributed by atoms with Crippen LogP contribution in [0.5, 0.6) is 5.75 Å². The van der Waals surface area contributed by atoms with Gasteiger partial charge in [-0.25, -0.2) is 9.18 Å². The molecular formula is C24H28FNO5. The maximum atomic E-state index is 13.4. The zero-order valence-corrected chi connectivity index (χ0v) is 18.2. The number of nitrogens with one attached hydrogen (secondary N) is 1. The predicted molar refractivity (Wildman–Crippen MR) is 113 cm³/mol. The number of hydrogen-bond donors (Lipinski definition) is 2. The molecule has 0 unspecified atom stereocenters. The van der Waals surface area contributed by atoms with E-state index in [0.29, 0.717) is 18.6 Å². The van der Waals surface area contributed by atoms with Crippen LogP contribution in [0.3, 0.4) is 0 Å². The van der Waals surface area contributed by atoms with E-state index in [9.17, 15) is 14.0 Å². The molecule has 3 atom stereocenters. The maximum absolute atomic E-state index is 13.4. The van der Waals surface area contributed by atoms with Gasteiger partial charge in [-0.3, -0.25) is 4.79 Å². The number of carboxylic acid groups (broad SMARTS) is 1. The van der Waals surface area contributed by atoms with E-state index in [1.807, 2.05) is 32.9 Å². The smallest absolute Gasteiger partial charge is 0.341 e. The Morgan fingerprint density at radius 3 is 2.45 bits per heavy atom. The minimum Gasteiger partial charge on any atom is -0.481 e. The topological polar surface area (TPSA) is 84.9 Å². The number of carboxylic acids is 1. The molecule has 6 nitrogen and oxygen atoms in total. The zero-order chi connectivity index (χ0) is 22.8. The predicted octanol–water partition coefficient (Wildman–Crippen LogP) is 4.39. The second-order valence-corrected chi connectivity index (χ2v) is 8.50. The van der Waals surface area contributed by atoms with Crippen LogP contribution in [0.2, 0.25) is 0 Å². The van der Waals surface area contributed by atoms with Crippen molar-refractivity contribution in [3.05, 3.63) is 64.5 Å². The quantitative estimate of drug-likeness (QED) is 0.711. The Bertz CT molecular complexity index is 975. The molecule has 0 bridgehead atoms. The Hall–Kier alpha value is -2.93. The van der Waals surface area contributed by atoms with Gasteiger partial charge in [0, 0.05) is 30.9 Å². The van der Waals surface area contributed by atoms with E-state index in [0.717, 1.165) is 22.3 Å². The van der Waals surface area contributed by atoms with Crippen molar-refractivity contribution >= 4 is 11.9 Å². The normalized spacial score (nSPS) is 23.3. The number of rotatable bonds is 6. The van der Waals surface area contributed by atoms with Crippen LogP contribution < -0.4 is 10.1 Å². The van der Waals surface area contributed by atoms with Crippen LogP contribution in [0.1, 0.15) is 61.2 Å². The lowest BCUT2D eigenvalue weighted by Gasteiger charge is -2.43. The summed E-state index contributed by atoms with van der Waals surface area (Å²) in [5, 5.41) is 12.1. The standard InChI is InChI=1S/C24H28FNO5/c1-14-9-15(2)23(30-13-22(28)29)19(10-14)21-12-24(4,26-16(3)27)11-20(31-21)17-5-7-18(25)8-6-17/h5-10,20-21H,11-13H2,1-4H3,(H,26,27)(H,28,29)/t20-,21+,24+/m0/s1. The lowest BCUT2D eigenvalue weighted by molar-refractivity contribution is -0.139. The van der Waals surface area contributed by atoms with Crippen molar-refractivity contribution in [3.8, 4) is 5.75 Å². The molecule has 3 rings (SSSR count). The molecule has 1 fully saturated rings. The number of halogens is 1. The SMILES string of the molecule is CC(=O)N[C@]1(C)C[C@@H](c2ccc(F)cc2)O[C@@H](c2cc(C)cc(C)c2OCC(=O)O)C1. The highest BCUT2D eigenvalue weighted by Gasteiger charge is 2.41. The van der Waals surface area contributed by atoms with Crippen LogP contribution in [0.15, 0.2) is 36.4 Å². The molecular weight excluding hydrogens is 401 g/mol. The van der Waals surface area contributed by atoms with Crippen molar-refractivity contribution in [2.75, 3.05) is 6.61 Å². The molecule has 0 aromatic heterocycles. The molecule has 2 N–H and O–H groups in total. The summed E-state index contributed by atoms with van der Waals surface area (Å²) < 4.78 is 25.5. The van der Waals surface area contributed by atoms with Gasteiger partial charge in [-0.05, 0) is 50.1 Å². The van der Waals surface area contributed by atoms with Crippen LogP contribution in [-0.4, -0.2) is 29.1 Å². The molecule has 1 aliphatic rings. The van der Waals surface area contributed by atoms with Crippen molar-refractivity contribution in [2.45, 2.75) is 58.3 Å². The summed E-state index contributed by atoms with van der Waals surface area (Å²) in [5.74, 6) is -1.08. The van der Waals surface area contributed by atoms with Gasteiger partial charge in [-0.2, -0.15) is 0 Å². The first-order chi connectivity index (χ1) is 14.6. The van der Waals surface area contributed by atoms with Gasteiger partial charge in [0.2, 0.25) is 5.91 Å². The Balaban J connectivity index is 2.03. The molecule has 2 aromatic carbocycles. The van der Waals surface area contributed by atoms with Gasteiger partial charge >= 0.3 is 5.97 Å². The van der Waals surface area contributed by atoms with Crippen molar-refractivity contribution in [3.63, 3.8) is 0 Å². The van der Waals surface area contributed by atoms with Gasteiger partial charge in [0.05, 0.1) is 12.2 Å². The van der Waals surface area contributed by atoms with Gasteiger partial charge < -0.3 is 19.9 Å². The average Bonchev–Trinajstić information content (AvgIpc) is 2.65. The minimum absolute atomic E-state index is 0.149. The summed E-state index contributed by atoms with van der Waals surface area (Å²) in [7, 11) is 0. The number of ether oxygens (including phenoxy) is 2. The number of aryl methyl sites for hydroxylation is 2. The van der Waals surface area contributed by atoms with E-state index in [1.54, 1.807) is 12.1 Å². The fourth-order valence-corrected chi connectivity index (χ4v) is 4.34. The minimum atomic E-state index is -1.07. The zero-order valence-electron chi connectivity index (χ0n) is 18.2. The summed E-state index contributed by atoms with van der Waals surface area (Å²) >= 11 is 0. The third-order valence-electron chi connectivity index (χ3n) is 5.45. The first-order valence-electron chi connectivity index (χ1n) is 10.2. The van der Waals surface area contributed by atoms with Crippen LogP contribution in [0.4, 0.5) is 4.39 Å². The first-order valence-corrected chi connectivity index (χ1v) is 10.2. The number of amides is 1. The number of carbonyl (C=O) groups is 2. The second kappa shape index (κ2) is 9.06. The lowest BCUT2D eigenvalue weighted by Crippen LogP contribution is -2.50. The summed E-state index contributed by atoms with van der Waals surface area (Å²) in [6.07, 6.45) is 0.161. The van der Waals surface area contributed by atoms with Crippen molar-refractivity contribution in [2.24, 2.45) is 0 Å². The van der Waals surface area contributed by atoms with Gasteiger partial charge in [0.25, 0.3) is 0 Å². The fraction of sp³-hybridized carbons (Fsp3) is 0.417. The Labute approximate surface area is 181 Å². The molecule has 0 saturated carbocycles. The molecule has 2 aromatic rings. The second-order valence-electron chi connectivity index (χ2n) is 8.50. The van der Waals surface area contributed by atoms with Gasteiger partial charge in [-0.1, -0.05) is 23.8 Å². The number of aliphatic carboxylic acids is 1.